The van der Waals surface area contributed by atoms with E-state index in [4.69, 9.17) is 5.73 Å². The molecular weight excluding hydrogens is 470 g/mol. The number of anilines is 3. The van der Waals surface area contributed by atoms with Crippen LogP contribution in [0.1, 0.15) is 12.0 Å². The lowest BCUT2D eigenvalue weighted by Gasteiger charge is -2.35. The van der Waals surface area contributed by atoms with Gasteiger partial charge in [-0.25, -0.2) is 19.3 Å². The number of nitrogens with two attached hydrogens (primary N) is 1. The Bertz CT molecular complexity index is 1070. The van der Waals surface area contributed by atoms with E-state index in [1.807, 2.05) is 17.7 Å². The molecule has 0 radical (unpaired) electrons. The van der Waals surface area contributed by atoms with Crippen molar-refractivity contribution in [2.24, 2.45) is 7.05 Å². The van der Waals surface area contributed by atoms with Gasteiger partial charge in [-0.3, -0.25) is 0 Å². The van der Waals surface area contributed by atoms with Gasteiger partial charge in [0, 0.05) is 48.6 Å². The topological polar surface area (TPSA) is 84.9 Å². The van der Waals surface area contributed by atoms with Gasteiger partial charge < -0.3 is 20.5 Å². The zero-order valence-electron chi connectivity index (χ0n) is 15.8. The minimum atomic E-state index is -4.51. The molecule has 0 aliphatic carbocycles. The molecule has 1 saturated heterocycles. The zero-order valence-corrected chi connectivity index (χ0v) is 17.4. The maximum Gasteiger partial charge on any atom is 0.419 e. The molecule has 3 heterocycles. The smallest absolute Gasteiger partial charge is 0.398 e. The molecular formula is C18H18BrF4N7. The van der Waals surface area contributed by atoms with Crippen LogP contribution >= 0.6 is 15.9 Å². The number of aromatic nitrogens is 4. The predicted molar refractivity (Wildman–Crippen MR) is 109 cm³/mol. The Morgan fingerprint density at radius 1 is 1.20 bits per heavy atom. The van der Waals surface area contributed by atoms with Gasteiger partial charge in [-0.05, 0) is 28.1 Å². The van der Waals surface area contributed by atoms with E-state index in [2.05, 4.69) is 36.2 Å². The van der Waals surface area contributed by atoms with Crippen LogP contribution in [-0.2, 0) is 13.2 Å². The number of nitrogens with one attached hydrogen (secondary N) is 1. The molecule has 160 valence electrons. The summed E-state index contributed by atoms with van der Waals surface area (Å²) in [6.45, 7) is 0.540. The van der Waals surface area contributed by atoms with Crippen molar-refractivity contribution in [1.82, 2.24) is 19.5 Å². The summed E-state index contributed by atoms with van der Waals surface area (Å²) in [7, 11) is 1.83. The molecule has 1 aliphatic heterocycles. The normalized spacial score (nSPS) is 20.0. The van der Waals surface area contributed by atoms with E-state index in [0.29, 0.717) is 36.1 Å². The fourth-order valence-electron chi connectivity index (χ4n) is 3.54. The number of piperidine rings is 1. The van der Waals surface area contributed by atoms with E-state index >= 15 is 0 Å². The SMILES string of the molecule is Cn1c(N2C[C@H](F)C[C@@H](Nc3ncc(C(F)(F)F)cn3)C2)nc2cc(N)c(Br)cc21. The highest BCUT2D eigenvalue weighted by Gasteiger charge is 2.32. The molecule has 1 aliphatic rings. The first-order valence-electron chi connectivity index (χ1n) is 9.08. The van der Waals surface area contributed by atoms with Gasteiger partial charge in [0.2, 0.25) is 11.9 Å². The third-order valence-corrected chi connectivity index (χ3v) is 5.66. The highest BCUT2D eigenvalue weighted by atomic mass is 79.9. The second-order valence-electron chi connectivity index (χ2n) is 7.21. The van der Waals surface area contributed by atoms with Crippen LogP contribution in [0.15, 0.2) is 29.0 Å². The Kier molecular flexibility index (Phi) is 5.20. The summed E-state index contributed by atoms with van der Waals surface area (Å²) in [5.41, 5.74) is 7.06. The third-order valence-electron chi connectivity index (χ3n) is 4.97. The van der Waals surface area contributed by atoms with Gasteiger partial charge in [0.15, 0.2) is 0 Å². The van der Waals surface area contributed by atoms with Crippen molar-refractivity contribution in [2.45, 2.75) is 24.8 Å². The molecule has 0 saturated carbocycles. The molecule has 0 bridgehead atoms. The quantitative estimate of drug-likeness (QED) is 0.432. The summed E-state index contributed by atoms with van der Waals surface area (Å²) < 4.78 is 55.1. The number of nitrogen functional groups attached to an aromatic ring is 1. The van der Waals surface area contributed by atoms with Crippen molar-refractivity contribution in [3.63, 3.8) is 0 Å². The van der Waals surface area contributed by atoms with Crippen LogP contribution in [0.4, 0.5) is 35.1 Å². The number of aryl methyl sites for hydroxylation is 1. The summed E-state index contributed by atoms with van der Waals surface area (Å²) in [4.78, 5) is 13.8. The van der Waals surface area contributed by atoms with Crippen LogP contribution in [0.2, 0.25) is 0 Å². The number of hydrogen-bond donors (Lipinski definition) is 2. The molecule has 0 amide bonds. The second kappa shape index (κ2) is 7.56. The Morgan fingerprint density at radius 3 is 2.57 bits per heavy atom. The maximum atomic E-state index is 14.5. The average Bonchev–Trinajstić information content (AvgIpc) is 2.97. The summed E-state index contributed by atoms with van der Waals surface area (Å²) in [5, 5.41) is 2.93. The van der Waals surface area contributed by atoms with Gasteiger partial charge in [-0.2, -0.15) is 13.2 Å². The van der Waals surface area contributed by atoms with Gasteiger partial charge in [-0.1, -0.05) is 0 Å². The lowest BCUT2D eigenvalue weighted by molar-refractivity contribution is -0.138. The van der Waals surface area contributed by atoms with E-state index in [-0.39, 0.29) is 18.9 Å². The first-order valence-corrected chi connectivity index (χ1v) is 9.87. The van der Waals surface area contributed by atoms with Crippen molar-refractivity contribution >= 4 is 44.5 Å². The molecule has 0 unspecified atom stereocenters. The van der Waals surface area contributed by atoms with Crippen molar-refractivity contribution in [1.29, 1.82) is 0 Å². The molecule has 3 aromatic rings. The summed E-state index contributed by atoms with van der Waals surface area (Å²) in [6.07, 6.45) is -4.07. The van der Waals surface area contributed by atoms with Crippen molar-refractivity contribution in [2.75, 3.05) is 29.0 Å². The third kappa shape index (κ3) is 4.00. The molecule has 7 nitrogen and oxygen atoms in total. The molecule has 2 atom stereocenters. The zero-order chi connectivity index (χ0) is 21.6. The van der Waals surface area contributed by atoms with Crippen molar-refractivity contribution in [3.05, 3.63) is 34.6 Å². The molecule has 3 N–H and O–H groups in total. The maximum absolute atomic E-state index is 14.5. The number of hydrogen-bond acceptors (Lipinski definition) is 6. The van der Waals surface area contributed by atoms with Gasteiger partial charge in [0.25, 0.3) is 0 Å². The molecule has 30 heavy (non-hydrogen) atoms. The standard InChI is InChI=1S/C18H18BrF4N7/c1-29-15-3-12(19)13(24)4-14(15)28-17(29)30-7-10(20)2-11(8-30)27-16-25-5-9(6-26-16)18(21,22)23/h3-6,10-11H,2,7-8,24H2,1H3,(H,25,26,27)/t10-,11-/m1/s1. The Hall–Kier alpha value is -2.63. The lowest BCUT2D eigenvalue weighted by Crippen LogP contribution is -2.48. The van der Waals surface area contributed by atoms with Crippen LogP contribution in [0.3, 0.4) is 0 Å². The highest BCUT2D eigenvalue weighted by molar-refractivity contribution is 9.10. The first-order chi connectivity index (χ1) is 14.1. The minimum Gasteiger partial charge on any atom is -0.398 e. The van der Waals surface area contributed by atoms with Crippen molar-refractivity contribution < 1.29 is 17.6 Å². The van der Waals surface area contributed by atoms with Crippen LogP contribution in [0, 0.1) is 0 Å². The lowest BCUT2D eigenvalue weighted by atomic mass is 10.0. The van der Waals surface area contributed by atoms with Crippen molar-refractivity contribution in [3.8, 4) is 0 Å². The summed E-state index contributed by atoms with van der Waals surface area (Å²) in [6, 6.07) is 3.19. The van der Waals surface area contributed by atoms with Gasteiger partial charge in [0.1, 0.15) is 6.17 Å². The van der Waals surface area contributed by atoms with Crippen LogP contribution in [-0.4, -0.2) is 44.8 Å². The van der Waals surface area contributed by atoms with Crippen LogP contribution in [0.5, 0.6) is 0 Å². The largest absolute Gasteiger partial charge is 0.419 e. The number of imidazole rings is 1. The van der Waals surface area contributed by atoms with E-state index in [1.54, 1.807) is 11.0 Å². The Morgan fingerprint density at radius 2 is 1.90 bits per heavy atom. The number of alkyl halides is 4. The molecule has 1 fully saturated rings. The molecule has 0 spiro atoms. The minimum absolute atomic E-state index is 0.0174. The first kappa shape index (κ1) is 20.6. The number of halogens is 5. The Labute approximate surface area is 177 Å². The van der Waals surface area contributed by atoms with Gasteiger partial charge in [-0.15, -0.1) is 0 Å². The fourth-order valence-corrected chi connectivity index (χ4v) is 3.87. The fraction of sp³-hybridized carbons (Fsp3) is 0.389. The molecule has 4 rings (SSSR count). The second-order valence-corrected chi connectivity index (χ2v) is 8.06. The number of rotatable bonds is 3. The van der Waals surface area contributed by atoms with E-state index < -0.39 is 24.0 Å². The average molecular weight is 488 g/mol. The van der Waals surface area contributed by atoms with Gasteiger partial charge >= 0.3 is 6.18 Å². The predicted octanol–water partition coefficient (Wildman–Crippen LogP) is 3.76. The van der Waals surface area contributed by atoms with E-state index in [9.17, 15) is 17.6 Å². The number of fused-ring (bicyclic) bond motifs is 1. The Balaban J connectivity index is 1.55. The molecule has 2 aromatic heterocycles. The van der Waals surface area contributed by atoms with E-state index in [0.717, 1.165) is 9.99 Å². The number of nitrogens with zero attached hydrogens (tertiary/aromatic N) is 5. The molecule has 12 heteroatoms. The van der Waals surface area contributed by atoms with Crippen LogP contribution < -0.4 is 16.0 Å². The monoisotopic (exact) mass is 487 g/mol. The number of benzene rings is 1. The van der Waals surface area contributed by atoms with E-state index in [1.165, 1.54) is 0 Å². The highest BCUT2D eigenvalue weighted by Crippen LogP contribution is 2.31. The van der Waals surface area contributed by atoms with Crippen LogP contribution in [0.25, 0.3) is 11.0 Å². The molecule has 1 aromatic carbocycles. The summed E-state index contributed by atoms with van der Waals surface area (Å²) in [5.74, 6) is 0.591. The summed E-state index contributed by atoms with van der Waals surface area (Å²) >= 11 is 3.40. The van der Waals surface area contributed by atoms with Gasteiger partial charge in [0.05, 0.1) is 23.1 Å².